The van der Waals surface area contributed by atoms with Gasteiger partial charge in [-0.25, -0.2) is 12.7 Å². The summed E-state index contributed by atoms with van der Waals surface area (Å²) in [5, 5.41) is 10.2. The predicted molar refractivity (Wildman–Crippen MR) is 109 cm³/mol. The van der Waals surface area contributed by atoms with Crippen LogP contribution in [0.4, 0.5) is 0 Å². The number of benzene rings is 1. The van der Waals surface area contributed by atoms with Gasteiger partial charge in [0.05, 0.1) is 17.9 Å². The van der Waals surface area contributed by atoms with E-state index in [1.54, 1.807) is 11.9 Å². The van der Waals surface area contributed by atoms with Gasteiger partial charge in [-0.2, -0.15) is 0 Å². The third-order valence-electron chi connectivity index (χ3n) is 6.33. The number of aliphatic hydroxyl groups excluding tert-OH is 1. The molecule has 2 unspecified atom stereocenters. The van der Waals surface area contributed by atoms with Gasteiger partial charge >= 0.3 is 0 Å². The molecule has 28 heavy (non-hydrogen) atoms. The second-order valence-corrected chi connectivity index (χ2v) is 10.2. The molecule has 156 valence electrons. The minimum absolute atomic E-state index is 0.00640. The molecule has 0 bridgehead atoms. The Kier molecular flexibility index (Phi) is 6.78. The molecule has 1 aromatic carbocycles. The third kappa shape index (κ3) is 4.75. The van der Waals surface area contributed by atoms with E-state index in [1.165, 1.54) is 4.31 Å². The number of carbonyl (C=O) groups is 1. The zero-order valence-corrected chi connectivity index (χ0v) is 17.7. The van der Waals surface area contributed by atoms with Crippen molar-refractivity contribution >= 4 is 15.9 Å². The summed E-state index contributed by atoms with van der Waals surface area (Å²) < 4.78 is 27.1. The first-order chi connectivity index (χ1) is 13.3. The molecule has 1 saturated carbocycles. The quantitative estimate of drug-likeness (QED) is 0.811. The zero-order chi connectivity index (χ0) is 20.3. The van der Waals surface area contributed by atoms with Gasteiger partial charge in [-0.05, 0) is 43.7 Å². The molecular weight excluding hydrogens is 376 g/mol. The first kappa shape index (κ1) is 21.3. The fourth-order valence-corrected chi connectivity index (χ4v) is 6.10. The lowest BCUT2D eigenvalue weighted by molar-refractivity contribution is -0.141. The highest BCUT2D eigenvalue weighted by molar-refractivity contribution is 7.88. The van der Waals surface area contributed by atoms with Crippen LogP contribution in [-0.4, -0.2) is 60.9 Å². The highest BCUT2D eigenvalue weighted by atomic mass is 32.2. The molecule has 1 heterocycles. The number of aryl methyl sites for hydroxylation is 1. The summed E-state index contributed by atoms with van der Waals surface area (Å²) >= 11 is 0. The number of sulfonamides is 1. The van der Waals surface area contributed by atoms with Crippen LogP contribution in [0.1, 0.15) is 49.7 Å². The average molecular weight is 409 g/mol. The van der Waals surface area contributed by atoms with Gasteiger partial charge in [-0.1, -0.05) is 37.1 Å². The van der Waals surface area contributed by atoms with Gasteiger partial charge in [0, 0.05) is 26.1 Å². The van der Waals surface area contributed by atoms with Crippen molar-refractivity contribution in [3.05, 3.63) is 35.4 Å². The average Bonchev–Trinajstić information content (AvgIpc) is 2.69. The second-order valence-electron chi connectivity index (χ2n) is 8.22. The van der Waals surface area contributed by atoms with Crippen molar-refractivity contribution in [2.75, 3.05) is 20.1 Å². The van der Waals surface area contributed by atoms with Gasteiger partial charge in [0.1, 0.15) is 0 Å². The highest BCUT2D eigenvalue weighted by Gasteiger charge is 2.36. The normalized spacial score (nSPS) is 24.8. The first-order valence-corrected chi connectivity index (χ1v) is 11.9. The van der Waals surface area contributed by atoms with Crippen molar-refractivity contribution < 1.29 is 18.3 Å². The topological polar surface area (TPSA) is 77.9 Å². The maximum Gasteiger partial charge on any atom is 0.225 e. The van der Waals surface area contributed by atoms with Gasteiger partial charge in [0.25, 0.3) is 0 Å². The molecule has 1 aliphatic carbocycles. The number of likely N-dealkylation sites (N-methyl/N-ethyl adjacent to an activating group) is 1. The molecule has 3 rings (SSSR count). The summed E-state index contributed by atoms with van der Waals surface area (Å²) in [6.07, 6.45) is 4.27. The van der Waals surface area contributed by atoms with Crippen LogP contribution in [0.15, 0.2) is 24.3 Å². The van der Waals surface area contributed by atoms with E-state index in [-0.39, 0.29) is 23.6 Å². The van der Waals surface area contributed by atoms with E-state index in [4.69, 9.17) is 0 Å². The Morgan fingerprint density at radius 3 is 2.43 bits per heavy atom. The van der Waals surface area contributed by atoms with Crippen molar-refractivity contribution in [1.29, 1.82) is 0 Å². The molecule has 1 N–H and O–H groups in total. The number of rotatable bonds is 5. The fourth-order valence-electron chi connectivity index (χ4n) is 4.44. The van der Waals surface area contributed by atoms with E-state index in [1.807, 2.05) is 31.2 Å². The van der Waals surface area contributed by atoms with Crippen LogP contribution < -0.4 is 0 Å². The van der Waals surface area contributed by atoms with E-state index < -0.39 is 16.1 Å². The summed E-state index contributed by atoms with van der Waals surface area (Å²) in [6, 6.07) is 7.43. The molecule has 1 aliphatic heterocycles. The predicted octanol–water partition coefficient (Wildman–Crippen LogP) is 2.30. The van der Waals surface area contributed by atoms with Gasteiger partial charge < -0.3 is 10.0 Å². The van der Waals surface area contributed by atoms with Crippen LogP contribution in [-0.2, 0) is 20.6 Å². The minimum atomic E-state index is -3.39. The van der Waals surface area contributed by atoms with Crippen LogP contribution in [0.2, 0.25) is 0 Å². The third-order valence-corrected chi connectivity index (χ3v) is 8.16. The number of nitrogens with zero attached hydrogens (tertiary/aromatic N) is 2. The van der Waals surface area contributed by atoms with Crippen LogP contribution in [0, 0.1) is 12.8 Å². The van der Waals surface area contributed by atoms with Crippen molar-refractivity contribution in [2.24, 2.45) is 5.92 Å². The molecule has 1 amide bonds. The summed E-state index contributed by atoms with van der Waals surface area (Å²) in [5.74, 6) is -0.113. The largest absolute Gasteiger partial charge is 0.391 e. The summed E-state index contributed by atoms with van der Waals surface area (Å²) in [5.41, 5.74) is 1.80. The summed E-state index contributed by atoms with van der Waals surface area (Å²) in [4.78, 5) is 14.6. The molecule has 6 nitrogen and oxygen atoms in total. The van der Waals surface area contributed by atoms with E-state index >= 15 is 0 Å². The number of carbonyl (C=O) groups excluding carboxylic acids is 1. The van der Waals surface area contributed by atoms with Crippen molar-refractivity contribution in [3.63, 3.8) is 0 Å². The molecule has 0 aromatic heterocycles. The molecule has 0 spiro atoms. The SMILES string of the molecule is Cc1ccccc1CS(=O)(=O)N1CCC(C(=O)N(C)C2CCCCC2O)CC1. The van der Waals surface area contributed by atoms with Crippen LogP contribution in [0.5, 0.6) is 0 Å². The van der Waals surface area contributed by atoms with E-state index in [0.717, 1.165) is 36.8 Å². The van der Waals surface area contributed by atoms with E-state index in [9.17, 15) is 18.3 Å². The maximum absolute atomic E-state index is 12.9. The molecule has 1 aromatic rings. The van der Waals surface area contributed by atoms with Gasteiger partial charge in [0.2, 0.25) is 15.9 Å². The van der Waals surface area contributed by atoms with E-state index in [2.05, 4.69) is 0 Å². The summed E-state index contributed by atoms with van der Waals surface area (Å²) in [6.45, 7) is 2.68. The van der Waals surface area contributed by atoms with Crippen LogP contribution >= 0.6 is 0 Å². The Morgan fingerprint density at radius 2 is 1.79 bits per heavy atom. The Morgan fingerprint density at radius 1 is 1.14 bits per heavy atom. The first-order valence-electron chi connectivity index (χ1n) is 10.3. The van der Waals surface area contributed by atoms with Crippen molar-refractivity contribution in [3.8, 4) is 0 Å². The molecule has 2 atom stereocenters. The Hall–Kier alpha value is -1.44. The summed E-state index contributed by atoms with van der Waals surface area (Å²) in [7, 11) is -1.61. The molecule has 2 aliphatic rings. The second kappa shape index (κ2) is 8.93. The van der Waals surface area contributed by atoms with Crippen LogP contribution in [0.3, 0.4) is 0 Å². The molecule has 1 saturated heterocycles. The van der Waals surface area contributed by atoms with Crippen molar-refractivity contribution in [2.45, 2.75) is 63.3 Å². The fraction of sp³-hybridized carbons (Fsp3) is 0.667. The lowest BCUT2D eigenvalue weighted by atomic mass is 9.89. The highest BCUT2D eigenvalue weighted by Crippen LogP contribution is 2.27. The van der Waals surface area contributed by atoms with Crippen molar-refractivity contribution in [1.82, 2.24) is 9.21 Å². The Balaban J connectivity index is 1.57. The number of hydrogen-bond donors (Lipinski definition) is 1. The number of piperidine rings is 1. The molecule has 0 radical (unpaired) electrons. The van der Waals surface area contributed by atoms with Gasteiger partial charge in [-0.3, -0.25) is 4.79 Å². The smallest absolute Gasteiger partial charge is 0.225 e. The molecule has 2 fully saturated rings. The zero-order valence-electron chi connectivity index (χ0n) is 16.9. The van der Waals surface area contributed by atoms with Crippen LogP contribution in [0.25, 0.3) is 0 Å². The maximum atomic E-state index is 12.9. The Labute approximate surface area is 168 Å². The number of amides is 1. The molecular formula is C21H32N2O4S. The molecule has 7 heteroatoms. The number of hydrogen-bond acceptors (Lipinski definition) is 4. The van der Waals surface area contributed by atoms with E-state index in [0.29, 0.717) is 25.9 Å². The standard InChI is InChI=1S/C21H32N2O4S/c1-16-7-3-4-8-18(16)15-28(26,27)23-13-11-17(12-14-23)21(25)22(2)19-9-5-6-10-20(19)24/h3-4,7-8,17,19-20,24H,5-6,9-15H2,1-2H3. The Bertz CT molecular complexity index is 787. The van der Waals surface area contributed by atoms with Gasteiger partial charge in [0.15, 0.2) is 0 Å². The minimum Gasteiger partial charge on any atom is -0.391 e. The monoisotopic (exact) mass is 408 g/mol. The lowest BCUT2D eigenvalue weighted by Gasteiger charge is -2.38. The number of aliphatic hydroxyl groups is 1. The lowest BCUT2D eigenvalue weighted by Crippen LogP contribution is -2.50. The van der Waals surface area contributed by atoms with Gasteiger partial charge in [-0.15, -0.1) is 0 Å².